The van der Waals surface area contributed by atoms with Crippen molar-refractivity contribution in [1.29, 1.82) is 0 Å². The summed E-state index contributed by atoms with van der Waals surface area (Å²) in [4.78, 5) is 10.1. The van der Waals surface area contributed by atoms with E-state index in [0.717, 1.165) is 21.9 Å². The smallest absolute Gasteiger partial charge is 0.152 e. The number of nitrogen functional groups attached to an aromatic ring is 1. The molecule has 0 saturated carbocycles. The summed E-state index contributed by atoms with van der Waals surface area (Å²) in [5, 5.41) is 3.48. The zero-order valence-corrected chi connectivity index (χ0v) is 10.3. The number of hydrogen-bond donors (Lipinski definition) is 2. The van der Waals surface area contributed by atoms with Gasteiger partial charge in [-0.1, -0.05) is 0 Å². The molecule has 2 aromatic heterocycles. The zero-order chi connectivity index (χ0) is 11.0. The van der Waals surface area contributed by atoms with E-state index in [1.807, 2.05) is 23.2 Å². The molecule has 2 aromatic rings. The number of anilines is 1. The number of nitrogens with zero attached hydrogens (tertiary/aromatic N) is 2. The number of thiophene rings is 1. The highest BCUT2D eigenvalue weighted by molar-refractivity contribution is 7.99. The average Bonchev–Trinajstić information content (AvgIpc) is 2.97. The number of rotatable bonds is 2. The van der Waals surface area contributed by atoms with Crippen LogP contribution in [-0.2, 0) is 0 Å². The molecule has 0 radical (unpaired) electrons. The number of nitrogens with one attached hydrogen (secondary N) is 1. The second-order valence-corrected chi connectivity index (χ2v) is 5.92. The minimum atomic E-state index is 0.443. The number of nitrogens with two attached hydrogens (primary N) is 1. The van der Waals surface area contributed by atoms with Crippen LogP contribution in [0.2, 0.25) is 0 Å². The Kier molecular flexibility index (Phi) is 2.70. The molecule has 6 heteroatoms. The molecule has 1 fully saturated rings. The number of hydrazine groups is 1. The van der Waals surface area contributed by atoms with Crippen LogP contribution in [0.5, 0.6) is 0 Å². The Balaban J connectivity index is 2.10. The van der Waals surface area contributed by atoms with Gasteiger partial charge < -0.3 is 5.43 Å². The second-order valence-electron chi connectivity index (χ2n) is 3.72. The summed E-state index contributed by atoms with van der Waals surface area (Å²) < 4.78 is 0. The summed E-state index contributed by atoms with van der Waals surface area (Å²) >= 11 is 3.57. The van der Waals surface area contributed by atoms with Gasteiger partial charge in [-0.25, -0.2) is 15.8 Å². The SMILES string of the molecule is NNc1nc(C2CCCS2)nc2sccc12. The summed E-state index contributed by atoms with van der Waals surface area (Å²) in [6, 6.07) is 2.00. The Labute approximate surface area is 102 Å². The molecule has 0 spiro atoms. The summed E-state index contributed by atoms with van der Waals surface area (Å²) in [7, 11) is 0. The summed E-state index contributed by atoms with van der Waals surface area (Å²) in [5.74, 6) is 8.38. The lowest BCUT2D eigenvalue weighted by atomic mass is 10.2. The molecule has 1 atom stereocenters. The van der Waals surface area contributed by atoms with Crippen LogP contribution in [0.1, 0.15) is 23.9 Å². The first-order valence-electron chi connectivity index (χ1n) is 5.22. The van der Waals surface area contributed by atoms with E-state index in [1.165, 1.54) is 18.6 Å². The zero-order valence-electron chi connectivity index (χ0n) is 8.64. The molecule has 1 saturated heterocycles. The fourth-order valence-electron chi connectivity index (χ4n) is 1.91. The minimum Gasteiger partial charge on any atom is -0.308 e. The van der Waals surface area contributed by atoms with Crippen LogP contribution in [0.3, 0.4) is 0 Å². The van der Waals surface area contributed by atoms with Gasteiger partial charge in [0.05, 0.1) is 10.6 Å². The van der Waals surface area contributed by atoms with Crippen LogP contribution in [0.4, 0.5) is 5.82 Å². The third-order valence-electron chi connectivity index (χ3n) is 2.70. The lowest BCUT2D eigenvalue weighted by Gasteiger charge is -2.09. The molecule has 16 heavy (non-hydrogen) atoms. The largest absolute Gasteiger partial charge is 0.308 e. The predicted molar refractivity (Wildman–Crippen MR) is 69.7 cm³/mol. The van der Waals surface area contributed by atoms with Crippen LogP contribution in [0, 0.1) is 0 Å². The number of thioether (sulfide) groups is 1. The van der Waals surface area contributed by atoms with Crippen molar-refractivity contribution < 1.29 is 0 Å². The first-order valence-corrected chi connectivity index (χ1v) is 7.14. The van der Waals surface area contributed by atoms with Gasteiger partial charge in [-0.3, -0.25) is 0 Å². The summed E-state index contributed by atoms with van der Waals surface area (Å²) in [6.07, 6.45) is 2.43. The maximum absolute atomic E-state index is 5.50. The molecule has 0 bridgehead atoms. The van der Waals surface area contributed by atoms with E-state index >= 15 is 0 Å². The maximum atomic E-state index is 5.50. The standard InChI is InChI=1S/C10H12N4S2/c11-14-8-6-3-5-16-10(6)13-9(12-8)7-2-1-4-15-7/h3,5,7H,1-2,4,11H2,(H,12,13,14). The Morgan fingerprint density at radius 2 is 2.38 bits per heavy atom. The van der Waals surface area contributed by atoms with Crippen molar-refractivity contribution in [1.82, 2.24) is 9.97 Å². The van der Waals surface area contributed by atoms with Gasteiger partial charge in [0.2, 0.25) is 0 Å². The van der Waals surface area contributed by atoms with Crippen molar-refractivity contribution in [3.63, 3.8) is 0 Å². The quantitative estimate of drug-likeness (QED) is 0.635. The normalized spacial score (nSPS) is 20.4. The fourth-order valence-corrected chi connectivity index (χ4v) is 3.88. The van der Waals surface area contributed by atoms with Crippen LogP contribution >= 0.6 is 23.1 Å². The first-order chi connectivity index (χ1) is 7.88. The topological polar surface area (TPSA) is 63.8 Å². The van der Waals surface area contributed by atoms with Crippen molar-refractivity contribution >= 4 is 39.1 Å². The predicted octanol–water partition coefficient (Wildman–Crippen LogP) is 2.55. The molecule has 3 N–H and O–H groups in total. The van der Waals surface area contributed by atoms with Crippen LogP contribution in [0.15, 0.2) is 11.4 Å². The molecule has 3 rings (SSSR count). The minimum absolute atomic E-state index is 0.443. The lowest BCUT2D eigenvalue weighted by Crippen LogP contribution is -2.11. The highest BCUT2D eigenvalue weighted by Gasteiger charge is 2.22. The van der Waals surface area contributed by atoms with E-state index in [4.69, 9.17) is 5.84 Å². The summed E-state index contributed by atoms with van der Waals surface area (Å²) in [6.45, 7) is 0. The van der Waals surface area contributed by atoms with Gasteiger partial charge in [-0.05, 0) is 30.0 Å². The number of fused-ring (bicyclic) bond motifs is 1. The molecule has 0 aromatic carbocycles. The third-order valence-corrected chi connectivity index (χ3v) is 4.88. The van der Waals surface area contributed by atoms with Crippen molar-refractivity contribution in [3.8, 4) is 0 Å². The Bertz CT molecular complexity index is 504. The Morgan fingerprint density at radius 1 is 1.44 bits per heavy atom. The molecule has 4 nitrogen and oxygen atoms in total. The fraction of sp³-hybridized carbons (Fsp3) is 0.400. The van der Waals surface area contributed by atoms with Crippen molar-refractivity contribution in [3.05, 3.63) is 17.3 Å². The Hall–Kier alpha value is -0.850. The van der Waals surface area contributed by atoms with Gasteiger partial charge in [0, 0.05) is 0 Å². The van der Waals surface area contributed by atoms with Gasteiger partial charge in [0.1, 0.15) is 10.7 Å². The van der Waals surface area contributed by atoms with E-state index in [-0.39, 0.29) is 0 Å². The molecule has 0 amide bonds. The van der Waals surface area contributed by atoms with Gasteiger partial charge in [-0.15, -0.1) is 11.3 Å². The van der Waals surface area contributed by atoms with Crippen LogP contribution in [-0.4, -0.2) is 15.7 Å². The molecular weight excluding hydrogens is 240 g/mol. The number of aromatic nitrogens is 2. The van der Waals surface area contributed by atoms with E-state index in [9.17, 15) is 0 Å². The average molecular weight is 252 g/mol. The van der Waals surface area contributed by atoms with Crippen LogP contribution < -0.4 is 11.3 Å². The monoisotopic (exact) mass is 252 g/mol. The molecule has 0 aliphatic carbocycles. The molecule has 84 valence electrons. The molecular formula is C10H12N4S2. The molecule has 1 aliphatic heterocycles. The van der Waals surface area contributed by atoms with Crippen molar-refractivity contribution in [2.75, 3.05) is 11.2 Å². The van der Waals surface area contributed by atoms with Crippen LogP contribution in [0.25, 0.3) is 10.2 Å². The number of hydrogen-bond acceptors (Lipinski definition) is 6. The first kappa shape index (κ1) is 10.3. The van der Waals surface area contributed by atoms with E-state index < -0.39 is 0 Å². The third kappa shape index (κ3) is 1.66. The lowest BCUT2D eigenvalue weighted by molar-refractivity contribution is 0.784. The van der Waals surface area contributed by atoms with Gasteiger partial charge in [0.15, 0.2) is 5.82 Å². The van der Waals surface area contributed by atoms with Crippen molar-refractivity contribution in [2.45, 2.75) is 18.1 Å². The van der Waals surface area contributed by atoms with E-state index in [0.29, 0.717) is 5.25 Å². The van der Waals surface area contributed by atoms with E-state index in [1.54, 1.807) is 11.3 Å². The highest BCUT2D eigenvalue weighted by Crippen LogP contribution is 2.39. The summed E-state index contributed by atoms with van der Waals surface area (Å²) in [5.41, 5.74) is 2.67. The second kappa shape index (κ2) is 4.20. The Morgan fingerprint density at radius 3 is 3.12 bits per heavy atom. The highest BCUT2D eigenvalue weighted by atomic mass is 32.2. The van der Waals surface area contributed by atoms with Gasteiger partial charge in [-0.2, -0.15) is 11.8 Å². The van der Waals surface area contributed by atoms with Gasteiger partial charge >= 0.3 is 0 Å². The van der Waals surface area contributed by atoms with E-state index in [2.05, 4.69) is 15.4 Å². The molecule has 1 unspecified atom stereocenters. The maximum Gasteiger partial charge on any atom is 0.152 e. The molecule has 3 heterocycles. The van der Waals surface area contributed by atoms with Crippen molar-refractivity contribution in [2.24, 2.45) is 5.84 Å². The van der Waals surface area contributed by atoms with Gasteiger partial charge in [0.25, 0.3) is 0 Å². The molecule has 1 aliphatic rings.